The fraction of sp³-hybridized carbons (Fsp3) is 0. The highest BCUT2D eigenvalue weighted by molar-refractivity contribution is 9.28. The molecule has 0 aliphatic heterocycles. The van der Waals surface area contributed by atoms with Gasteiger partial charge in [0.15, 0.2) is 0 Å². The Morgan fingerprint density at radius 2 is 0.933 bits per heavy atom. The van der Waals surface area contributed by atoms with E-state index in [1.165, 1.54) is 0 Å². The summed E-state index contributed by atoms with van der Waals surface area (Å²) in [6, 6.07) is 24.0. The largest absolute Gasteiger partial charge is 0.0622 e. The van der Waals surface area contributed by atoms with Crippen molar-refractivity contribution in [2.24, 2.45) is 0 Å². The van der Waals surface area contributed by atoms with Crippen LogP contribution >= 0.6 is 63.7 Å². The van der Waals surface area contributed by atoms with Gasteiger partial charge in [-0.2, -0.15) is 0 Å². The van der Waals surface area contributed by atoms with E-state index < -0.39 is 0 Å². The van der Waals surface area contributed by atoms with Crippen LogP contribution in [0.1, 0.15) is 33.4 Å². The van der Waals surface area contributed by atoms with Gasteiger partial charge >= 0.3 is 0 Å². The molecule has 0 fully saturated rings. The van der Waals surface area contributed by atoms with Crippen molar-refractivity contribution >= 4 is 75.9 Å². The van der Waals surface area contributed by atoms with Gasteiger partial charge in [-0.25, -0.2) is 0 Å². The van der Waals surface area contributed by atoms with Gasteiger partial charge in [0.1, 0.15) is 0 Å². The summed E-state index contributed by atoms with van der Waals surface area (Å²) in [5.74, 6) is 13.1. The van der Waals surface area contributed by atoms with Gasteiger partial charge in [0.05, 0.1) is 6.78 Å². The predicted octanol–water partition coefficient (Wildman–Crippen LogP) is 8.66. The maximum absolute atomic E-state index is 3.46. The smallest absolute Gasteiger partial charge is 0.0610 e. The third kappa shape index (κ3) is 7.15. The van der Waals surface area contributed by atoms with E-state index in [1.807, 2.05) is 78.9 Å². The molecule has 0 amide bonds. The molecule has 0 saturated heterocycles. The summed E-state index contributed by atoms with van der Waals surface area (Å²) in [5, 5.41) is 0. The Morgan fingerprint density at radius 1 is 0.533 bits per heavy atom. The minimum Gasteiger partial charge on any atom is -0.0622 e. The lowest BCUT2D eigenvalue weighted by Crippen LogP contribution is -1.91. The molecule has 4 heteroatoms. The molecule has 3 aromatic rings. The lowest BCUT2D eigenvalue weighted by molar-refractivity contribution is 1.52. The van der Waals surface area contributed by atoms with Crippen molar-refractivity contribution in [3.63, 3.8) is 0 Å². The van der Waals surface area contributed by atoms with Gasteiger partial charge in [-0.1, -0.05) is 60.1 Å². The molecular formula is C26H14Br4. The highest BCUT2D eigenvalue weighted by Crippen LogP contribution is 2.27. The van der Waals surface area contributed by atoms with Crippen LogP contribution < -0.4 is 0 Å². The standard InChI is InChI=1S/C26H14Br4/c27-25(28)17-23-16-24(18-26(29)30)22(14-12-20-9-5-2-6-10-20)15-21(23)13-11-19-7-3-1-4-8-19/h1-10,15-18H. The maximum Gasteiger partial charge on any atom is 0.0610 e. The average Bonchev–Trinajstić information content (AvgIpc) is 2.73. The van der Waals surface area contributed by atoms with Crippen LogP contribution in [0.2, 0.25) is 0 Å². The number of rotatable bonds is 2. The van der Waals surface area contributed by atoms with Crippen molar-refractivity contribution in [2.45, 2.75) is 0 Å². The minimum atomic E-state index is 0.841. The van der Waals surface area contributed by atoms with E-state index in [0.29, 0.717) is 0 Å². The molecule has 3 aromatic carbocycles. The molecule has 0 unspecified atom stereocenters. The number of halogens is 4. The summed E-state index contributed by atoms with van der Waals surface area (Å²) < 4.78 is 1.68. The Balaban J connectivity index is 2.17. The van der Waals surface area contributed by atoms with Gasteiger partial charge < -0.3 is 0 Å². The van der Waals surface area contributed by atoms with E-state index in [-0.39, 0.29) is 0 Å². The zero-order chi connectivity index (χ0) is 21.3. The summed E-state index contributed by atoms with van der Waals surface area (Å²) >= 11 is 13.9. The molecule has 0 radical (unpaired) electrons. The number of hydrogen-bond donors (Lipinski definition) is 0. The molecule has 30 heavy (non-hydrogen) atoms. The van der Waals surface area contributed by atoms with E-state index in [9.17, 15) is 0 Å². The summed E-state index contributed by atoms with van der Waals surface area (Å²) in [6.45, 7) is 0. The second kappa shape index (κ2) is 11.5. The van der Waals surface area contributed by atoms with Crippen LogP contribution in [-0.2, 0) is 0 Å². The Bertz CT molecular complexity index is 1110. The van der Waals surface area contributed by atoms with E-state index >= 15 is 0 Å². The quantitative estimate of drug-likeness (QED) is 0.245. The van der Waals surface area contributed by atoms with Crippen molar-refractivity contribution < 1.29 is 0 Å². The summed E-state index contributed by atoms with van der Waals surface area (Å²) in [5.41, 5.74) is 5.70. The van der Waals surface area contributed by atoms with Crippen LogP contribution in [-0.4, -0.2) is 0 Å². The van der Waals surface area contributed by atoms with Crippen LogP contribution in [0, 0.1) is 23.7 Å². The second-order valence-corrected chi connectivity index (χ2v) is 11.7. The van der Waals surface area contributed by atoms with Gasteiger partial charge in [0, 0.05) is 22.3 Å². The predicted molar refractivity (Wildman–Crippen MR) is 143 cm³/mol. The third-order valence-corrected chi connectivity index (χ3v) is 4.90. The Hall–Kier alpha value is -1.82. The molecule has 0 aliphatic rings. The molecule has 0 saturated carbocycles. The Labute approximate surface area is 211 Å². The Kier molecular flexibility index (Phi) is 8.79. The monoisotopic (exact) mass is 642 g/mol. The van der Waals surface area contributed by atoms with Crippen LogP contribution in [0.15, 0.2) is 79.6 Å². The fourth-order valence-corrected chi connectivity index (χ4v) is 3.63. The highest BCUT2D eigenvalue weighted by Gasteiger charge is 2.06. The molecular weight excluding hydrogens is 632 g/mol. The van der Waals surface area contributed by atoms with Crippen molar-refractivity contribution in [1.29, 1.82) is 0 Å². The molecule has 0 N–H and O–H groups in total. The molecule has 0 heterocycles. The van der Waals surface area contributed by atoms with E-state index in [0.717, 1.165) is 40.2 Å². The summed E-state index contributed by atoms with van der Waals surface area (Å²) in [4.78, 5) is 0. The minimum absolute atomic E-state index is 0.841. The van der Waals surface area contributed by atoms with Crippen molar-refractivity contribution in [2.75, 3.05) is 0 Å². The maximum atomic E-state index is 3.46. The zero-order valence-electron chi connectivity index (χ0n) is 15.6. The molecule has 0 atom stereocenters. The molecule has 0 aliphatic carbocycles. The van der Waals surface area contributed by atoms with Gasteiger partial charge in [0.25, 0.3) is 0 Å². The van der Waals surface area contributed by atoms with Gasteiger partial charge in [0.2, 0.25) is 0 Å². The zero-order valence-corrected chi connectivity index (χ0v) is 21.9. The van der Waals surface area contributed by atoms with E-state index in [4.69, 9.17) is 0 Å². The fourth-order valence-electron chi connectivity index (χ4n) is 2.65. The average molecular weight is 646 g/mol. The highest BCUT2D eigenvalue weighted by atomic mass is 79.9. The lowest BCUT2D eigenvalue weighted by atomic mass is 9.98. The van der Waals surface area contributed by atoms with Crippen molar-refractivity contribution in [1.82, 2.24) is 0 Å². The van der Waals surface area contributed by atoms with Gasteiger partial charge in [-0.3, -0.25) is 0 Å². The van der Waals surface area contributed by atoms with E-state index in [1.54, 1.807) is 0 Å². The normalized spacial score (nSPS) is 9.47. The van der Waals surface area contributed by atoms with Gasteiger partial charge in [-0.05, 0) is 123 Å². The van der Waals surface area contributed by atoms with E-state index in [2.05, 4.69) is 93.5 Å². The molecule has 146 valence electrons. The topological polar surface area (TPSA) is 0 Å². The van der Waals surface area contributed by atoms with Crippen molar-refractivity contribution in [3.05, 3.63) is 113 Å². The first-order chi connectivity index (χ1) is 14.5. The molecule has 0 aromatic heterocycles. The summed E-state index contributed by atoms with van der Waals surface area (Å²) in [6.07, 6.45) is 3.98. The third-order valence-electron chi connectivity index (χ3n) is 3.98. The molecule has 0 bridgehead atoms. The summed E-state index contributed by atoms with van der Waals surface area (Å²) in [7, 11) is 0. The SMILES string of the molecule is BrC(Br)=Cc1cc(C=C(Br)Br)c(C#Cc2ccccc2)cc1C#Cc1ccccc1. The number of hydrogen-bond acceptors (Lipinski definition) is 0. The first-order valence-corrected chi connectivity index (χ1v) is 12.1. The first kappa shape index (κ1) is 22.9. The van der Waals surface area contributed by atoms with Crippen molar-refractivity contribution in [3.8, 4) is 23.7 Å². The van der Waals surface area contributed by atoms with Crippen LogP contribution in [0.5, 0.6) is 0 Å². The molecule has 0 nitrogen and oxygen atoms in total. The van der Waals surface area contributed by atoms with Crippen LogP contribution in [0.3, 0.4) is 0 Å². The molecule has 3 rings (SSSR count). The first-order valence-electron chi connectivity index (χ1n) is 8.89. The molecule has 0 spiro atoms. The Morgan fingerprint density at radius 3 is 1.30 bits per heavy atom. The van der Waals surface area contributed by atoms with Crippen LogP contribution in [0.25, 0.3) is 12.2 Å². The lowest BCUT2D eigenvalue weighted by Gasteiger charge is -2.06. The number of benzene rings is 3. The van der Waals surface area contributed by atoms with Gasteiger partial charge in [-0.15, -0.1) is 0 Å². The van der Waals surface area contributed by atoms with Crippen LogP contribution in [0.4, 0.5) is 0 Å². The second-order valence-electron chi connectivity index (χ2n) is 6.13.